The molecule has 1 aliphatic carbocycles. The summed E-state index contributed by atoms with van der Waals surface area (Å²) in [6, 6.07) is 9.50. The van der Waals surface area contributed by atoms with E-state index >= 15 is 0 Å². The van der Waals surface area contributed by atoms with Gasteiger partial charge in [0, 0.05) is 18.1 Å². The number of nitrogens with one attached hydrogen (secondary N) is 1. The van der Waals surface area contributed by atoms with Gasteiger partial charge in [0.2, 0.25) is 5.91 Å². The van der Waals surface area contributed by atoms with Crippen molar-refractivity contribution < 1.29 is 9.53 Å². The van der Waals surface area contributed by atoms with Crippen LogP contribution in [0.25, 0.3) is 0 Å². The van der Waals surface area contributed by atoms with E-state index in [2.05, 4.69) is 19.2 Å². The first-order chi connectivity index (χ1) is 9.95. The Hall–Kier alpha value is -1.39. The fourth-order valence-electron chi connectivity index (χ4n) is 2.85. The molecule has 1 amide bonds. The van der Waals surface area contributed by atoms with Gasteiger partial charge in [-0.05, 0) is 25.3 Å². The lowest BCUT2D eigenvalue weighted by atomic mass is 9.64. The van der Waals surface area contributed by atoms with Crippen LogP contribution in [0, 0.1) is 5.41 Å². The molecule has 3 atom stereocenters. The van der Waals surface area contributed by atoms with Gasteiger partial charge in [-0.15, -0.1) is 0 Å². The minimum atomic E-state index is -0.505. The molecule has 3 N–H and O–H groups in total. The van der Waals surface area contributed by atoms with Crippen LogP contribution in [0.2, 0.25) is 0 Å². The summed E-state index contributed by atoms with van der Waals surface area (Å²) in [6.07, 6.45) is 1.65. The molecule has 1 aromatic carbocycles. The van der Waals surface area contributed by atoms with Crippen molar-refractivity contribution in [2.75, 3.05) is 6.61 Å². The lowest BCUT2D eigenvalue weighted by Crippen LogP contribution is -2.63. The fourth-order valence-corrected chi connectivity index (χ4v) is 2.85. The van der Waals surface area contributed by atoms with Gasteiger partial charge >= 0.3 is 0 Å². The summed E-state index contributed by atoms with van der Waals surface area (Å²) in [5, 5.41) is 3.07. The van der Waals surface area contributed by atoms with Crippen LogP contribution in [0.15, 0.2) is 30.3 Å². The quantitative estimate of drug-likeness (QED) is 0.840. The zero-order valence-electron chi connectivity index (χ0n) is 13.1. The van der Waals surface area contributed by atoms with E-state index in [4.69, 9.17) is 10.5 Å². The monoisotopic (exact) mass is 290 g/mol. The van der Waals surface area contributed by atoms with Crippen molar-refractivity contribution >= 4 is 5.91 Å². The predicted octanol–water partition coefficient (Wildman–Crippen LogP) is 1.88. The summed E-state index contributed by atoms with van der Waals surface area (Å²) in [5.74, 6) is -0.0770. The number of ether oxygens (including phenoxy) is 1. The van der Waals surface area contributed by atoms with Gasteiger partial charge in [-0.2, -0.15) is 0 Å². The summed E-state index contributed by atoms with van der Waals surface area (Å²) in [6.45, 7) is 6.97. The topological polar surface area (TPSA) is 64.3 Å². The Morgan fingerprint density at radius 3 is 2.67 bits per heavy atom. The maximum Gasteiger partial charge on any atom is 0.237 e. The van der Waals surface area contributed by atoms with E-state index in [-0.39, 0.29) is 23.5 Å². The van der Waals surface area contributed by atoms with Crippen molar-refractivity contribution in [2.24, 2.45) is 11.1 Å². The Morgan fingerprint density at radius 2 is 2.10 bits per heavy atom. The van der Waals surface area contributed by atoms with E-state index in [9.17, 15) is 4.79 Å². The number of carbonyl (C=O) groups excluding carboxylic acids is 1. The summed E-state index contributed by atoms with van der Waals surface area (Å²) < 4.78 is 5.68. The third-order valence-electron chi connectivity index (χ3n) is 4.50. The molecule has 0 radical (unpaired) electrons. The van der Waals surface area contributed by atoms with E-state index in [0.717, 1.165) is 12.0 Å². The second-order valence-corrected chi connectivity index (χ2v) is 6.36. The van der Waals surface area contributed by atoms with E-state index < -0.39 is 6.04 Å². The summed E-state index contributed by atoms with van der Waals surface area (Å²) in [7, 11) is 0. The number of benzene rings is 1. The predicted molar refractivity (Wildman–Crippen MR) is 83.9 cm³/mol. The van der Waals surface area contributed by atoms with Gasteiger partial charge in [0.15, 0.2) is 0 Å². The Morgan fingerprint density at radius 1 is 1.43 bits per heavy atom. The molecule has 0 aliphatic heterocycles. The molecule has 0 saturated heterocycles. The van der Waals surface area contributed by atoms with Gasteiger partial charge in [0.25, 0.3) is 0 Å². The molecule has 1 saturated carbocycles. The molecule has 1 aromatic rings. The number of nitrogens with two attached hydrogens (primary N) is 1. The number of carbonyl (C=O) groups is 1. The molecular weight excluding hydrogens is 264 g/mol. The summed E-state index contributed by atoms with van der Waals surface area (Å²) in [5.41, 5.74) is 7.07. The first kappa shape index (κ1) is 16.0. The molecular formula is C17H26N2O2. The van der Waals surface area contributed by atoms with Gasteiger partial charge in [-0.3, -0.25) is 4.79 Å². The highest BCUT2D eigenvalue weighted by molar-refractivity contribution is 5.82. The second kappa shape index (κ2) is 6.58. The molecule has 0 bridgehead atoms. The second-order valence-electron chi connectivity index (χ2n) is 6.36. The van der Waals surface area contributed by atoms with Crippen LogP contribution in [0.1, 0.15) is 32.8 Å². The summed E-state index contributed by atoms with van der Waals surface area (Å²) in [4.78, 5) is 12.2. The number of hydrogen-bond donors (Lipinski definition) is 2. The van der Waals surface area contributed by atoms with Crippen LogP contribution in [-0.2, 0) is 16.0 Å². The molecule has 0 spiro atoms. The standard InChI is InChI=1S/C17H26N2O2/c1-4-21-15-11-14(17(15,2)3)19-16(20)13(18)10-12-8-6-5-7-9-12/h5-9,13-15H,4,10-11,18H2,1-3H3,(H,19,20). The Kier molecular flexibility index (Phi) is 5.01. The van der Waals surface area contributed by atoms with Crippen LogP contribution in [0.4, 0.5) is 0 Å². The van der Waals surface area contributed by atoms with Gasteiger partial charge in [0.05, 0.1) is 12.1 Å². The molecule has 3 unspecified atom stereocenters. The van der Waals surface area contributed by atoms with Gasteiger partial charge < -0.3 is 15.8 Å². The first-order valence-corrected chi connectivity index (χ1v) is 7.66. The van der Waals surface area contributed by atoms with E-state index in [0.29, 0.717) is 13.0 Å². The molecule has 1 fully saturated rings. The Bertz CT molecular complexity index is 473. The maximum absolute atomic E-state index is 12.2. The lowest BCUT2D eigenvalue weighted by molar-refractivity contribution is -0.137. The molecule has 0 heterocycles. The highest BCUT2D eigenvalue weighted by Crippen LogP contribution is 2.42. The third-order valence-corrected chi connectivity index (χ3v) is 4.50. The fraction of sp³-hybridized carbons (Fsp3) is 0.588. The lowest BCUT2D eigenvalue weighted by Gasteiger charge is -2.51. The Labute approximate surface area is 127 Å². The number of amides is 1. The zero-order chi connectivity index (χ0) is 15.5. The van der Waals surface area contributed by atoms with Crippen LogP contribution in [0.5, 0.6) is 0 Å². The molecule has 21 heavy (non-hydrogen) atoms. The highest BCUT2D eigenvalue weighted by atomic mass is 16.5. The van der Waals surface area contributed by atoms with E-state index in [1.54, 1.807) is 0 Å². The van der Waals surface area contributed by atoms with Crippen molar-refractivity contribution in [3.63, 3.8) is 0 Å². The largest absolute Gasteiger partial charge is 0.378 e. The first-order valence-electron chi connectivity index (χ1n) is 7.66. The third kappa shape index (κ3) is 3.63. The maximum atomic E-state index is 12.2. The van der Waals surface area contributed by atoms with Crippen molar-refractivity contribution in [1.29, 1.82) is 0 Å². The van der Waals surface area contributed by atoms with E-state index in [1.165, 1.54) is 0 Å². The van der Waals surface area contributed by atoms with Gasteiger partial charge in [0.1, 0.15) is 0 Å². The normalized spacial score (nSPS) is 25.0. The van der Waals surface area contributed by atoms with Crippen LogP contribution >= 0.6 is 0 Å². The van der Waals surface area contributed by atoms with Crippen LogP contribution < -0.4 is 11.1 Å². The molecule has 1 aliphatic rings. The average Bonchev–Trinajstić information content (AvgIpc) is 2.47. The molecule has 0 aromatic heterocycles. The summed E-state index contributed by atoms with van der Waals surface area (Å²) >= 11 is 0. The Balaban J connectivity index is 1.85. The van der Waals surface area contributed by atoms with Gasteiger partial charge in [-0.1, -0.05) is 44.2 Å². The molecule has 2 rings (SSSR count). The average molecular weight is 290 g/mol. The molecule has 116 valence electrons. The van der Waals surface area contributed by atoms with E-state index in [1.807, 2.05) is 37.3 Å². The molecule has 4 nitrogen and oxygen atoms in total. The van der Waals surface area contributed by atoms with Gasteiger partial charge in [-0.25, -0.2) is 0 Å². The SMILES string of the molecule is CCOC1CC(NC(=O)C(N)Cc2ccccc2)C1(C)C. The highest BCUT2D eigenvalue weighted by Gasteiger charge is 2.49. The van der Waals surface area contributed by atoms with Crippen molar-refractivity contribution in [2.45, 2.75) is 51.8 Å². The van der Waals surface area contributed by atoms with Crippen LogP contribution in [0.3, 0.4) is 0 Å². The van der Waals surface area contributed by atoms with Crippen molar-refractivity contribution in [3.8, 4) is 0 Å². The van der Waals surface area contributed by atoms with Crippen LogP contribution in [-0.4, -0.2) is 30.7 Å². The minimum Gasteiger partial charge on any atom is -0.378 e. The van der Waals surface area contributed by atoms with Crippen molar-refractivity contribution in [1.82, 2.24) is 5.32 Å². The zero-order valence-corrected chi connectivity index (χ0v) is 13.1. The minimum absolute atomic E-state index is 0.0296. The smallest absolute Gasteiger partial charge is 0.237 e. The number of hydrogen-bond acceptors (Lipinski definition) is 3. The number of rotatable bonds is 6. The molecule has 4 heteroatoms. The van der Waals surface area contributed by atoms with Crippen molar-refractivity contribution in [3.05, 3.63) is 35.9 Å².